The minimum Gasteiger partial charge on any atom is -0.459 e. The molecule has 146 valence electrons. The summed E-state index contributed by atoms with van der Waals surface area (Å²) in [7, 11) is 0. The van der Waals surface area contributed by atoms with Crippen LogP contribution in [-0.4, -0.2) is 28.3 Å². The molecule has 0 heterocycles. The Morgan fingerprint density at radius 2 is 1.61 bits per heavy atom. The number of carbonyl (C=O) groups excluding carboxylic acids is 3. The number of carbonyl (C=O) groups is 3. The van der Waals surface area contributed by atoms with Crippen LogP contribution in [0.3, 0.4) is 0 Å². The van der Waals surface area contributed by atoms with Crippen LogP contribution in [0.2, 0.25) is 0 Å². The molecule has 2 rings (SSSR count). The van der Waals surface area contributed by atoms with Crippen LogP contribution in [0, 0.1) is 10.1 Å². The quantitative estimate of drug-likeness (QED) is 0.221. The monoisotopic (exact) mass is 387 g/mol. The Labute approximate surface area is 159 Å². The Morgan fingerprint density at radius 3 is 2.14 bits per heavy atom. The summed E-state index contributed by atoms with van der Waals surface area (Å²) in [4.78, 5) is 46.2. The van der Waals surface area contributed by atoms with Crippen molar-refractivity contribution in [3.63, 3.8) is 0 Å². The van der Waals surface area contributed by atoms with Gasteiger partial charge in [0.05, 0.1) is 11.3 Å². The fraction of sp³-hybridized carbons (Fsp3) is 0.167. The predicted octanol–water partition coefficient (Wildman–Crippen LogP) is 0.817. The van der Waals surface area contributed by atoms with E-state index in [0.29, 0.717) is 5.56 Å². The van der Waals surface area contributed by atoms with Crippen molar-refractivity contribution in [2.45, 2.75) is 18.6 Å². The molecule has 0 saturated heterocycles. The largest absolute Gasteiger partial charge is 0.459 e. The van der Waals surface area contributed by atoms with Crippen molar-refractivity contribution in [2.75, 3.05) is 0 Å². The molecule has 0 unspecified atom stereocenters. The summed E-state index contributed by atoms with van der Waals surface area (Å²) in [5, 5.41) is 10.7. The second kappa shape index (κ2) is 8.73. The van der Waals surface area contributed by atoms with E-state index in [2.05, 4.69) is 0 Å². The van der Waals surface area contributed by atoms with Crippen molar-refractivity contribution < 1.29 is 28.8 Å². The van der Waals surface area contributed by atoms with Crippen LogP contribution >= 0.6 is 0 Å². The van der Waals surface area contributed by atoms with E-state index >= 15 is 0 Å². The molecule has 0 saturated carbocycles. The molecule has 1 atom stereocenters. The molecule has 0 aromatic heterocycles. The van der Waals surface area contributed by atoms with Gasteiger partial charge in [-0.3, -0.25) is 14.9 Å². The fourth-order valence-electron chi connectivity index (χ4n) is 2.19. The van der Waals surface area contributed by atoms with Crippen LogP contribution in [0.1, 0.15) is 12.0 Å². The van der Waals surface area contributed by atoms with E-state index in [-0.39, 0.29) is 18.0 Å². The maximum absolute atomic E-state index is 12.5. The van der Waals surface area contributed by atoms with E-state index < -0.39 is 34.7 Å². The van der Waals surface area contributed by atoms with Gasteiger partial charge >= 0.3 is 11.9 Å². The molecule has 2 aromatic carbocycles. The standard InChI is InChI=1S/C18H17N3O7/c19-15(22)10-18(20,16(23)27-11-12-4-2-1-3-5-12)17(24)28-14-8-6-13(7-9-14)21(25)26/h1-9H,10-11,20H2,(H2,19,22)/t18-/m1/s1. The second-order valence-electron chi connectivity index (χ2n) is 5.82. The number of nitrogens with zero attached hydrogens (tertiary/aromatic N) is 1. The highest BCUT2D eigenvalue weighted by molar-refractivity contribution is 6.08. The van der Waals surface area contributed by atoms with E-state index in [1.807, 2.05) is 0 Å². The van der Waals surface area contributed by atoms with Gasteiger partial charge in [0.25, 0.3) is 5.69 Å². The number of benzene rings is 2. The molecule has 0 aliphatic carbocycles. The smallest absolute Gasteiger partial charge is 0.343 e. The molecule has 28 heavy (non-hydrogen) atoms. The number of amides is 1. The van der Waals surface area contributed by atoms with E-state index in [1.54, 1.807) is 30.3 Å². The summed E-state index contributed by atoms with van der Waals surface area (Å²) in [5.41, 5.74) is 8.86. The van der Waals surface area contributed by atoms with Crippen LogP contribution < -0.4 is 16.2 Å². The predicted molar refractivity (Wildman–Crippen MR) is 95.7 cm³/mol. The summed E-state index contributed by atoms with van der Waals surface area (Å²) in [6.45, 7) is -0.178. The summed E-state index contributed by atoms with van der Waals surface area (Å²) < 4.78 is 10.0. The highest BCUT2D eigenvalue weighted by Gasteiger charge is 2.47. The summed E-state index contributed by atoms with van der Waals surface area (Å²) in [6, 6.07) is 13.1. The van der Waals surface area contributed by atoms with Crippen molar-refractivity contribution in [3.8, 4) is 5.75 Å². The molecule has 10 nitrogen and oxygen atoms in total. The van der Waals surface area contributed by atoms with Gasteiger partial charge in [0.2, 0.25) is 11.4 Å². The van der Waals surface area contributed by atoms with Crippen LogP contribution in [0.5, 0.6) is 5.75 Å². The summed E-state index contributed by atoms with van der Waals surface area (Å²) in [6.07, 6.45) is -0.841. The van der Waals surface area contributed by atoms with Gasteiger partial charge in [0.15, 0.2) is 0 Å². The normalized spacial score (nSPS) is 12.5. The van der Waals surface area contributed by atoms with Crippen molar-refractivity contribution >= 4 is 23.5 Å². The van der Waals surface area contributed by atoms with Gasteiger partial charge in [-0.05, 0) is 17.7 Å². The third-order valence-electron chi connectivity index (χ3n) is 3.65. The first-order valence-electron chi connectivity index (χ1n) is 7.97. The topological polar surface area (TPSA) is 165 Å². The van der Waals surface area contributed by atoms with Gasteiger partial charge in [-0.2, -0.15) is 0 Å². The Bertz CT molecular complexity index is 884. The number of non-ortho nitro benzene ring substituents is 1. The molecule has 0 radical (unpaired) electrons. The maximum atomic E-state index is 12.5. The first-order chi connectivity index (χ1) is 13.2. The Kier molecular flexibility index (Phi) is 6.40. The van der Waals surface area contributed by atoms with Gasteiger partial charge < -0.3 is 20.9 Å². The molecule has 1 amide bonds. The maximum Gasteiger partial charge on any atom is 0.343 e. The molecule has 4 N–H and O–H groups in total. The molecule has 2 aromatic rings. The highest BCUT2D eigenvalue weighted by Crippen LogP contribution is 2.20. The number of rotatable bonds is 8. The minimum atomic E-state index is -2.47. The van der Waals surface area contributed by atoms with E-state index in [0.717, 1.165) is 24.3 Å². The van der Waals surface area contributed by atoms with Gasteiger partial charge in [-0.25, -0.2) is 9.59 Å². The number of nitrogens with two attached hydrogens (primary N) is 2. The zero-order chi connectivity index (χ0) is 20.7. The van der Waals surface area contributed by atoms with Gasteiger partial charge in [-0.1, -0.05) is 30.3 Å². The number of primary amides is 1. The zero-order valence-electron chi connectivity index (χ0n) is 14.6. The van der Waals surface area contributed by atoms with Crippen LogP contribution in [-0.2, 0) is 25.7 Å². The SMILES string of the molecule is NC(=O)C[C@@](N)(C(=O)OCc1ccccc1)C(=O)Oc1ccc([N+](=O)[O-])cc1. The highest BCUT2D eigenvalue weighted by atomic mass is 16.6. The average Bonchev–Trinajstić information content (AvgIpc) is 2.66. The third kappa shape index (κ3) is 5.11. The Morgan fingerprint density at radius 1 is 1.00 bits per heavy atom. The van der Waals surface area contributed by atoms with Crippen molar-refractivity contribution in [1.82, 2.24) is 0 Å². The van der Waals surface area contributed by atoms with Crippen molar-refractivity contribution in [1.29, 1.82) is 0 Å². The molecule has 0 aliphatic rings. The minimum absolute atomic E-state index is 0.106. The number of nitro benzene ring substituents is 1. The van der Waals surface area contributed by atoms with Crippen LogP contribution in [0.15, 0.2) is 54.6 Å². The zero-order valence-corrected chi connectivity index (χ0v) is 14.6. The number of nitro groups is 1. The number of hydrogen-bond donors (Lipinski definition) is 2. The number of esters is 2. The average molecular weight is 387 g/mol. The molecule has 0 fully saturated rings. The van der Waals surface area contributed by atoms with Crippen LogP contribution in [0.4, 0.5) is 5.69 Å². The lowest BCUT2D eigenvalue weighted by molar-refractivity contribution is -0.384. The van der Waals surface area contributed by atoms with Gasteiger partial charge in [0.1, 0.15) is 12.4 Å². The fourth-order valence-corrected chi connectivity index (χ4v) is 2.19. The van der Waals surface area contributed by atoms with Crippen molar-refractivity contribution in [3.05, 3.63) is 70.3 Å². The van der Waals surface area contributed by atoms with Gasteiger partial charge in [0, 0.05) is 12.1 Å². The van der Waals surface area contributed by atoms with E-state index in [9.17, 15) is 24.5 Å². The van der Waals surface area contributed by atoms with Gasteiger partial charge in [-0.15, -0.1) is 0 Å². The Balaban J connectivity index is 2.14. The molecule has 0 aliphatic heterocycles. The molecule has 0 bridgehead atoms. The second-order valence-corrected chi connectivity index (χ2v) is 5.82. The lowest BCUT2D eigenvalue weighted by Gasteiger charge is -2.23. The van der Waals surface area contributed by atoms with E-state index in [1.165, 1.54) is 0 Å². The molecule has 10 heteroatoms. The number of ether oxygens (including phenoxy) is 2. The third-order valence-corrected chi connectivity index (χ3v) is 3.65. The molecular weight excluding hydrogens is 370 g/mol. The molecular formula is C18H17N3O7. The number of hydrogen-bond acceptors (Lipinski definition) is 8. The summed E-state index contributed by atoms with van der Waals surface area (Å²) >= 11 is 0. The Hall–Kier alpha value is -3.79. The first kappa shape index (κ1) is 20.5. The lowest BCUT2D eigenvalue weighted by atomic mass is 9.96. The lowest BCUT2D eigenvalue weighted by Crippen LogP contribution is -2.59. The van der Waals surface area contributed by atoms with Crippen molar-refractivity contribution in [2.24, 2.45) is 11.5 Å². The summed E-state index contributed by atoms with van der Waals surface area (Å²) in [5.74, 6) is -3.59. The van der Waals surface area contributed by atoms with E-state index in [4.69, 9.17) is 20.9 Å². The molecule has 0 spiro atoms. The first-order valence-corrected chi connectivity index (χ1v) is 7.97. The van der Waals surface area contributed by atoms with Crippen LogP contribution in [0.25, 0.3) is 0 Å².